The summed E-state index contributed by atoms with van der Waals surface area (Å²) in [5, 5.41) is 1.12. The third-order valence-electron chi connectivity index (χ3n) is 5.78. The van der Waals surface area contributed by atoms with Crippen LogP contribution in [0.15, 0.2) is 0 Å². The van der Waals surface area contributed by atoms with Gasteiger partial charge in [-0.05, 0) is 30.2 Å². The standard InChI is InChI=1S/C18H31BrOSi/c1-17(2,21(3)4)14-20-16(7-5-12-19)18(10-6-11-18)13-15-8-9-15/h15-16,21H,6,8-14H2,1-4H3. The summed E-state index contributed by atoms with van der Waals surface area (Å²) in [5.74, 6) is 7.65. The van der Waals surface area contributed by atoms with E-state index < -0.39 is 8.80 Å². The minimum Gasteiger partial charge on any atom is -0.365 e. The van der Waals surface area contributed by atoms with Crippen molar-refractivity contribution >= 4 is 24.7 Å². The fraction of sp³-hybridized carbons (Fsp3) is 0.889. The van der Waals surface area contributed by atoms with Crippen LogP contribution >= 0.6 is 15.9 Å². The first kappa shape index (κ1) is 17.6. The van der Waals surface area contributed by atoms with Gasteiger partial charge in [-0.15, -0.1) is 0 Å². The molecule has 3 heteroatoms. The molecule has 0 bridgehead atoms. The zero-order chi connectivity index (χ0) is 15.5. The van der Waals surface area contributed by atoms with Gasteiger partial charge in [0.1, 0.15) is 6.10 Å². The Morgan fingerprint density at radius 1 is 1.33 bits per heavy atom. The van der Waals surface area contributed by atoms with Crippen LogP contribution in [0.25, 0.3) is 0 Å². The Balaban J connectivity index is 2.03. The molecule has 0 aromatic rings. The van der Waals surface area contributed by atoms with E-state index in [0.717, 1.165) is 17.9 Å². The molecule has 21 heavy (non-hydrogen) atoms. The lowest BCUT2D eigenvalue weighted by Gasteiger charge is -2.47. The van der Waals surface area contributed by atoms with Crippen LogP contribution in [-0.4, -0.2) is 26.8 Å². The van der Waals surface area contributed by atoms with E-state index in [0.29, 0.717) is 10.5 Å². The van der Waals surface area contributed by atoms with E-state index in [4.69, 9.17) is 4.74 Å². The monoisotopic (exact) mass is 370 g/mol. The van der Waals surface area contributed by atoms with Crippen molar-refractivity contribution in [2.24, 2.45) is 11.3 Å². The molecule has 0 spiro atoms. The number of ether oxygens (including phenoxy) is 1. The normalized spacial score (nSPS) is 22.4. The first-order valence-electron chi connectivity index (χ1n) is 8.55. The van der Waals surface area contributed by atoms with Crippen LogP contribution < -0.4 is 0 Å². The van der Waals surface area contributed by atoms with Crippen molar-refractivity contribution in [3.05, 3.63) is 0 Å². The van der Waals surface area contributed by atoms with Crippen LogP contribution in [0.2, 0.25) is 18.1 Å². The van der Waals surface area contributed by atoms with Gasteiger partial charge in [-0.1, -0.05) is 74.0 Å². The molecular weight excluding hydrogens is 340 g/mol. The highest BCUT2D eigenvalue weighted by atomic mass is 79.9. The molecule has 0 amide bonds. The topological polar surface area (TPSA) is 9.23 Å². The molecule has 2 saturated carbocycles. The number of rotatable bonds is 7. The maximum absolute atomic E-state index is 6.45. The molecule has 2 fully saturated rings. The van der Waals surface area contributed by atoms with Gasteiger partial charge in [-0.25, -0.2) is 0 Å². The van der Waals surface area contributed by atoms with Gasteiger partial charge in [0.25, 0.3) is 0 Å². The van der Waals surface area contributed by atoms with Crippen molar-refractivity contribution in [1.29, 1.82) is 0 Å². The summed E-state index contributed by atoms with van der Waals surface area (Å²) in [6, 6.07) is 0. The quantitative estimate of drug-likeness (QED) is 0.347. The van der Waals surface area contributed by atoms with Gasteiger partial charge in [-0.3, -0.25) is 0 Å². The van der Waals surface area contributed by atoms with Crippen LogP contribution in [0.1, 0.15) is 52.4 Å². The van der Waals surface area contributed by atoms with Gasteiger partial charge >= 0.3 is 0 Å². The molecule has 0 aromatic heterocycles. The highest BCUT2D eigenvalue weighted by Crippen LogP contribution is 2.54. The number of halogens is 1. The molecule has 1 atom stereocenters. The highest BCUT2D eigenvalue weighted by Gasteiger charge is 2.47. The Hall–Kier alpha value is 0.217. The molecular formula is C18H31BrOSi. The summed E-state index contributed by atoms with van der Waals surface area (Å²) in [6.45, 7) is 10.5. The fourth-order valence-electron chi connectivity index (χ4n) is 3.07. The van der Waals surface area contributed by atoms with Gasteiger partial charge in [-0.2, -0.15) is 0 Å². The van der Waals surface area contributed by atoms with E-state index in [9.17, 15) is 0 Å². The number of alkyl halides is 1. The molecule has 0 heterocycles. The van der Waals surface area contributed by atoms with E-state index in [1.807, 2.05) is 0 Å². The van der Waals surface area contributed by atoms with Crippen molar-refractivity contribution < 1.29 is 4.74 Å². The molecule has 1 nitrogen and oxygen atoms in total. The SMILES string of the molecule is C[SiH](C)C(C)(C)COC(C#CCBr)C1(CC2CC2)CCC1. The van der Waals surface area contributed by atoms with E-state index in [-0.39, 0.29) is 6.10 Å². The molecule has 1 unspecified atom stereocenters. The lowest BCUT2D eigenvalue weighted by Crippen LogP contribution is -2.44. The van der Waals surface area contributed by atoms with Crippen molar-refractivity contribution in [2.75, 3.05) is 11.9 Å². The largest absolute Gasteiger partial charge is 0.365 e. The van der Waals surface area contributed by atoms with E-state index in [2.05, 4.69) is 54.7 Å². The number of hydrogen-bond donors (Lipinski definition) is 0. The van der Waals surface area contributed by atoms with Gasteiger partial charge < -0.3 is 4.74 Å². The third kappa shape index (κ3) is 4.59. The van der Waals surface area contributed by atoms with Crippen molar-refractivity contribution in [1.82, 2.24) is 0 Å². The van der Waals surface area contributed by atoms with Crippen molar-refractivity contribution in [3.63, 3.8) is 0 Å². The molecule has 0 aromatic carbocycles. The Morgan fingerprint density at radius 3 is 2.43 bits per heavy atom. The molecule has 2 aliphatic carbocycles. The average Bonchev–Trinajstić information content (AvgIpc) is 3.18. The summed E-state index contributed by atoms with van der Waals surface area (Å²) in [7, 11) is -0.709. The molecule has 0 N–H and O–H groups in total. The van der Waals surface area contributed by atoms with E-state index in [1.54, 1.807) is 0 Å². The second-order valence-corrected chi connectivity index (χ2v) is 12.6. The Kier molecular flexibility index (Phi) is 6.02. The first-order chi connectivity index (χ1) is 9.89. The van der Waals surface area contributed by atoms with Crippen LogP contribution in [0, 0.1) is 23.2 Å². The lowest BCUT2D eigenvalue weighted by molar-refractivity contribution is -0.0635. The summed E-state index contributed by atoms with van der Waals surface area (Å²) in [4.78, 5) is 0. The molecule has 2 rings (SSSR count). The van der Waals surface area contributed by atoms with Crippen molar-refractivity contribution in [2.45, 2.75) is 76.6 Å². The minimum absolute atomic E-state index is 0.163. The lowest BCUT2D eigenvalue weighted by atomic mass is 9.62. The number of hydrogen-bond acceptors (Lipinski definition) is 1. The zero-order valence-electron chi connectivity index (χ0n) is 14.2. The second kappa shape index (κ2) is 7.19. The molecule has 2 aliphatic rings. The van der Waals surface area contributed by atoms with E-state index in [1.165, 1.54) is 38.5 Å². The summed E-state index contributed by atoms with van der Waals surface area (Å²) >= 11 is 3.44. The second-order valence-electron chi connectivity index (χ2n) is 8.15. The van der Waals surface area contributed by atoms with E-state index >= 15 is 0 Å². The molecule has 0 aliphatic heterocycles. The van der Waals surface area contributed by atoms with Crippen molar-refractivity contribution in [3.8, 4) is 11.8 Å². The first-order valence-corrected chi connectivity index (χ1v) is 12.6. The molecule has 120 valence electrons. The van der Waals surface area contributed by atoms with Crippen LogP contribution in [-0.2, 0) is 4.74 Å². The summed E-state index contributed by atoms with van der Waals surface area (Å²) in [5.41, 5.74) is 0.380. The van der Waals surface area contributed by atoms with Crippen LogP contribution in [0.3, 0.4) is 0 Å². The smallest absolute Gasteiger partial charge is 0.123 e. The van der Waals surface area contributed by atoms with Gasteiger partial charge in [0.05, 0.1) is 11.9 Å². The Morgan fingerprint density at radius 2 is 2.00 bits per heavy atom. The molecule has 0 radical (unpaired) electrons. The van der Waals surface area contributed by atoms with Gasteiger partial charge in [0.15, 0.2) is 0 Å². The Bertz CT molecular complexity index is 399. The predicted molar refractivity (Wildman–Crippen MR) is 97.9 cm³/mol. The maximum Gasteiger partial charge on any atom is 0.123 e. The highest BCUT2D eigenvalue weighted by molar-refractivity contribution is 9.09. The van der Waals surface area contributed by atoms with Gasteiger partial charge in [0.2, 0.25) is 0 Å². The zero-order valence-corrected chi connectivity index (χ0v) is 16.9. The molecule has 0 saturated heterocycles. The maximum atomic E-state index is 6.45. The Labute approximate surface area is 141 Å². The predicted octanol–water partition coefficient (Wildman–Crippen LogP) is 5.01. The summed E-state index contributed by atoms with van der Waals surface area (Å²) < 4.78 is 6.45. The third-order valence-corrected chi connectivity index (χ3v) is 9.36. The average molecular weight is 371 g/mol. The van der Waals surface area contributed by atoms with Crippen LogP contribution in [0.5, 0.6) is 0 Å². The van der Waals surface area contributed by atoms with Crippen LogP contribution in [0.4, 0.5) is 0 Å². The minimum atomic E-state index is -0.709. The van der Waals surface area contributed by atoms with Gasteiger partial charge in [0, 0.05) is 14.2 Å². The fourth-order valence-corrected chi connectivity index (χ4v) is 3.66. The summed E-state index contributed by atoms with van der Waals surface area (Å²) in [6.07, 6.45) is 8.40.